The minimum atomic E-state index is -0.742. The fraction of sp³-hybridized carbons (Fsp3) is 0.444. The van der Waals surface area contributed by atoms with E-state index in [1.54, 1.807) is 0 Å². The van der Waals surface area contributed by atoms with Crippen molar-refractivity contribution >= 4 is 17.9 Å². The number of primary amides is 1. The molecule has 34 heavy (non-hydrogen) atoms. The Morgan fingerprint density at radius 3 is 2.21 bits per heavy atom. The Labute approximate surface area is 202 Å². The van der Waals surface area contributed by atoms with Crippen LogP contribution in [0.3, 0.4) is 0 Å². The molecule has 4 N–H and O–H groups in total. The number of ether oxygens (including phenoxy) is 1. The van der Waals surface area contributed by atoms with Gasteiger partial charge in [0.25, 0.3) is 0 Å². The first-order valence-electron chi connectivity index (χ1n) is 11.8. The quantitative estimate of drug-likeness (QED) is 0.410. The third kappa shape index (κ3) is 10.1. The van der Waals surface area contributed by atoms with Crippen LogP contribution in [-0.4, -0.2) is 30.5 Å². The van der Waals surface area contributed by atoms with Crippen molar-refractivity contribution < 1.29 is 19.1 Å². The van der Waals surface area contributed by atoms with Crippen LogP contribution in [0.4, 0.5) is 4.79 Å². The van der Waals surface area contributed by atoms with Crippen LogP contribution >= 0.6 is 0 Å². The molecular weight excluding hydrogens is 430 g/mol. The molecule has 0 radical (unpaired) electrons. The Hall–Kier alpha value is -3.35. The number of rotatable bonds is 12. The molecule has 1 atom stereocenters. The van der Waals surface area contributed by atoms with Crippen LogP contribution in [-0.2, 0) is 32.8 Å². The highest BCUT2D eigenvalue weighted by atomic mass is 16.5. The van der Waals surface area contributed by atoms with Crippen LogP contribution in [0.15, 0.2) is 54.6 Å². The van der Waals surface area contributed by atoms with E-state index in [9.17, 15) is 14.4 Å². The van der Waals surface area contributed by atoms with Crippen LogP contribution in [0.2, 0.25) is 0 Å². The van der Waals surface area contributed by atoms with Crippen LogP contribution in [0.1, 0.15) is 63.1 Å². The second-order valence-electron chi connectivity index (χ2n) is 9.47. The van der Waals surface area contributed by atoms with Crippen LogP contribution < -0.4 is 16.4 Å². The zero-order valence-electron chi connectivity index (χ0n) is 20.4. The number of nitrogens with two attached hydrogens (primary N) is 1. The predicted molar refractivity (Wildman–Crippen MR) is 133 cm³/mol. The molecule has 0 aliphatic heterocycles. The summed E-state index contributed by atoms with van der Waals surface area (Å²) in [5, 5.41) is 5.45. The second-order valence-corrected chi connectivity index (χ2v) is 9.47. The van der Waals surface area contributed by atoms with Crippen molar-refractivity contribution in [3.05, 3.63) is 71.3 Å². The number of unbranched alkanes of at least 4 members (excludes halogenated alkanes) is 2. The van der Waals surface area contributed by atoms with Crippen molar-refractivity contribution in [2.75, 3.05) is 6.54 Å². The van der Waals surface area contributed by atoms with Crippen LogP contribution in [0.25, 0.3) is 0 Å². The lowest BCUT2D eigenvalue weighted by Gasteiger charge is -2.20. The minimum Gasteiger partial charge on any atom is -0.445 e. The van der Waals surface area contributed by atoms with Gasteiger partial charge in [-0.15, -0.1) is 0 Å². The van der Waals surface area contributed by atoms with Gasteiger partial charge in [0, 0.05) is 19.4 Å². The summed E-state index contributed by atoms with van der Waals surface area (Å²) in [6, 6.07) is 16.8. The predicted octanol–water partition coefficient (Wildman–Crippen LogP) is 3.98. The van der Waals surface area contributed by atoms with E-state index in [0.717, 1.165) is 24.0 Å². The lowest BCUT2D eigenvalue weighted by molar-refractivity contribution is -0.127. The van der Waals surface area contributed by atoms with Gasteiger partial charge in [0.05, 0.1) is 0 Å². The zero-order chi connectivity index (χ0) is 25.0. The highest BCUT2D eigenvalue weighted by Crippen LogP contribution is 2.22. The van der Waals surface area contributed by atoms with Crippen molar-refractivity contribution in [2.45, 2.75) is 70.9 Å². The molecule has 7 nitrogen and oxygen atoms in total. The molecule has 0 saturated carbocycles. The number of hydrogen-bond donors (Lipinski definition) is 3. The third-order valence-corrected chi connectivity index (χ3v) is 5.50. The summed E-state index contributed by atoms with van der Waals surface area (Å²) in [7, 11) is 0. The Kier molecular flexibility index (Phi) is 10.6. The van der Waals surface area contributed by atoms with E-state index in [1.165, 1.54) is 5.56 Å². The molecule has 2 aromatic rings. The molecule has 0 bridgehead atoms. The summed E-state index contributed by atoms with van der Waals surface area (Å²) in [5.74, 6) is -0.753. The molecule has 7 heteroatoms. The van der Waals surface area contributed by atoms with E-state index in [-0.39, 0.29) is 17.9 Å². The molecule has 0 aliphatic carbocycles. The molecule has 2 aromatic carbocycles. The first-order valence-corrected chi connectivity index (χ1v) is 11.8. The van der Waals surface area contributed by atoms with Gasteiger partial charge in [0.1, 0.15) is 12.6 Å². The van der Waals surface area contributed by atoms with E-state index in [1.807, 2.05) is 54.6 Å². The largest absolute Gasteiger partial charge is 0.445 e. The van der Waals surface area contributed by atoms with E-state index in [2.05, 4.69) is 31.4 Å². The highest BCUT2D eigenvalue weighted by molar-refractivity contribution is 5.86. The summed E-state index contributed by atoms with van der Waals surface area (Å²) in [6.07, 6.45) is 2.35. The molecular formula is C27H37N3O4. The standard InChI is InChI=1S/C27H37N3O4/c1-27(2,3)22-15-13-20(14-16-22)18-23(25(28)32)30-24(31)12-8-5-9-17-29-26(33)34-19-21-10-6-4-7-11-21/h4,6-7,10-11,13-16,23H,5,8-9,12,17-19H2,1-3H3,(H2,28,32)(H,29,33)(H,30,31)/t23-/m1/s1. The Morgan fingerprint density at radius 2 is 1.59 bits per heavy atom. The van der Waals surface area contributed by atoms with Crippen LogP contribution in [0.5, 0.6) is 0 Å². The first-order chi connectivity index (χ1) is 16.1. The van der Waals surface area contributed by atoms with Gasteiger partial charge in [-0.3, -0.25) is 9.59 Å². The van der Waals surface area contributed by atoms with Crippen molar-refractivity contribution in [1.82, 2.24) is 10.6 Å². The first kappa shape index (κ1) is 26.9. The molecule has 0 heterocycles. The topological polar surface area (TPSA) is 111 Å². The maximum Gasteiger partial charge on any atom is 0.407 e. The second kappa shape index (κ2) is 13.4. The summed E-state index contributed by atoms with van der Waals surface area (Å²) in [6.45, 7) is 7.13. The SMILES string of the molecule is CC(C)(C)c1ccc(C[C@@H](NC(=O)CCCCCNC(=O)OCc2ccccc2)C(N)=O)cc1. The molecule has 184 valence electrons. The van der Waals surface area contributed by atoms with Crippen molar-refractivity contribution in [1.29, 1.82) is 0 Å². The normalized spacial score (nSPS) is 12.0. The number of amides is 3. The molecule has 0 saturated heterocycles. The average molecular weight is 468 g/mol. The minimum absolute atomic E-state index is 0.0494. The molecule has 0 fully saturated rings. The lowest BCUT2D eigenvalue weighted by atomic mass is 9.86. The van der Waals surface area contributed by atoms with Gasteiger partial charge in [-0.05, 0) is 34.9 Å². The van der Waals surface area contributed by atoms with Gasteiger partial charge in [-0.25, -0.2) is 4.79 Å². The third-order valence-electron chi connectivity index (χ3n) is 5.50. The van der Waals surface area contributed by atoms with Crippen LogP contribution in [0, 0.1) is 0 Å². The number of nitrogens with one attached hydrogen (secondary N) is 2. The molecule has 0 unspecified atom stereocenters. The maximum atomic E-state index is 12.3. The van der Waals surface area contributed by atoms with Gasteiger partial charge in [-0.2, -0.15) is 0 Å². The molecule has 0 spiro atoms. The Balaban J connectivity index is 1.63. The van der Waals surface area contributed by atoms with E-state index in [4.69, 9.17) is 10.5 Å². The van der Waals surface area contributed by atoms with Gasteiger partial charge in [0.15, 0.2) is 0 Å². The maximum absolute atomic E-state index is 12.3. The fourth-order valence-electron chi connectivity index (χ4n) is 3.42. The molecule has 0 aromatic heterocycles. The summed E-state index contributed by atoms with van der Waals surface area (Å²) >= 11 is 0. The zero-order valence-corrected chi connectivity index (χ0v) is 20.4. The van der Waals surface area contributed by atoms with Crippen molar-refractivity contribution in [3.8, 4) is 0 Å². The molecule has 0 aliphatic rings. The van der Waals surface area contributed by atoms with Gasteiger partial charge < -0.3 is 21.1 Å². The fourth-order valence-corrected chi connectivity index (χ4v) is 3.42. The number of carbonyl (C=O) groups is 3. The lowest BCUT2D eigenvalue weighted by Crippen LogP contribution is -2.45. The van der Waals surface area contributed by atoms with E-state index < -0.39 is 18.0 Å². The number of carbonyl (C=O) groups excluding carboxylic acids is 3. The molecule has 2 rings (SSSR count). The highest BCUT2D eigenvalue weighted by Gasteiger charge is 2.19. The summed E-state index contributed by atoms with van der Waals surface area (Å²) in [4.78, 5) is 35.8. The van der Waals surface area contributed by atoms with Crippen molar-refractivity contribution in [2.24, 2.45) is 5.73 Å². The Bertz CT molecular complexity index is 921. The van der Waals surface area contributed by atoms with E-state index >= 15 is 0 Å². The average Bonchev–Trinajstić information content (AvgIpc) is 2.80. The van der Waals surface area contributed by atoms with E-state index in [0.29, 0.717) is 25.8 Å². The van der Waals surface area contributed by atoms with Gasteiger partial charge in [-0.1, -0.05) is 81.8 Å². The number of hydrogen-bond acceptors (Lipinski definition) is 4. The number of benzene rings is 2. The summed E-state index contributed by atoms with van der Waals surface area (Å²) < 4.78 is 5.15. The van der Waals surface area contributed by atoms with Gasteiger partial charge >= 0.3 is 6.09 Å². The Morgan fingerprint density at radius 1 is 0.912 bits per heavy atom. The summed E-state index contributed by atoms with van der Waals surface area (Å²) in [5.41, 5.74) is 8.64. The smallest absolute Gasteiger partial charge is 0.407 e. The van der Waals surface area contributed by atoms with Gasteiger partial charge in [0.2, 0.25) is 11.8 Å². The monoisotopic (exact) mass is 467 g/mol. The van der Waals surface area contributed by atoms with Crippen molar-refractivity contribution in [3.63, 3.8) is 0 Å². The molecule has 3 amide bonds. The number of alkyl carbamates (subject to hydrolysis) is 1.